The van der Waals surface area contributed by atoms with Crippen LogP contribution in [-0.4, -0.2) is 20.5 Å². The molecule has 28 heavy (non-hydrogen) atoms. The molecule has 2 aromatic carbocycles. The maximum atomic E-state index is 12.7. The molecule has 0 amide bonds. The predicted molar refractivity (Wildman–Crippen MR) is 114 cm³/mol. The van der Waals surface area contributed by atoms with Crippen LogP contribution in [0.2, 0.25) is 10.0 Å². The number of hydrogen-bond donors (Lipinski definition) is 1. The third-order valence-electron chi connectivity index (χ3n) is 4.72. The lowest BCUT2D eigenvalue weighted by Gasteiger charge is -2.12. The van der Waals surface area contributed by atoms with Crippen LogP contribution in [0, 0.1) is 0 Å². The normalized spacial score (nSPS) is 13.7. The van der Waals surface area contributed by atoms with Crippen molar-refractivity contribution in [2.75, 3.05) is 5.32 Å². The van der Waals surface area contributed by atoms with Crippen LogP contribution in [0.1, 0.15) is 28.9 Å². The second-order valence-electron chi connectivity index (χ2n) is 6.58. The van der Waals surface area contributed by atoms with E-state index in [9.17, 15) is 4.79 Å². The summed E-state index contributed by atoms with van der Waals surface area (Å²) < 4.78 is 2.89. The van der Waals surface area contributed by atoms with Gasteiger partial charge in [-0.25, -0.2) is 9.67 Å². The van der Waals surface area contributed by atoms with Crippen molar-refractivity contribution in [3.8, 4) is 5.13 Å². The van der Waals surface area contributed by atoms with Crippen molar-refractivity contribution >= 4 is 62.0 Å². The number of anilines is 2. The minimum absolute atomic E-state index is 0.0937. The van der Waals surface area contributed by atoms with Crippen LogP contribution in [-0.2, 0) is 6.42 Å². The summed E-state index contributed by atoms with van der Waals surface area (Å²) in [6.07, 6.45) is 2.12. The minimum Gasteiger partial charge on any atom is -0.338 e. The fraction of sp³-hybridized carbons (Fsp3) is 0.150. The maximum absolute atomic E-state index is 12.7. The van der Waals surface area contributed by atoms with E-state index in [0.717, 1.165) is 39.6 Å². The molecule has 5 nitrogen and oxygen atoms in total. The Kier molecular flexibility index (Phi) is 4.34. The highest BCUT2D eigenvalue weighted by molar-refractivity contribution is 7.20. The molecule has 0 spiro atoms. The first-order valence-electron chi connectivity index (χ1n) is 8.83. The molecular weight excluding hydrogens is 415 g/mol. The number of nitrogens with one attached hydrogen (secondary N) is 1. The molecule has 0 saturated carbocycles. The first kappa shape index (κ1) is 17.7. The molecule has 0 aliphatic heterocycles. The molecule has 2 aromatic heterocycles. The highest BCUT2D eigenvalue weighted by Gasteiger charge is 2.28. The number of thiazole rings is 1. The number of rotatable bonds is 3. The van der Waals surface area contributed by atoms with Crippen molar-refractivity contribution in [3.05, 3.63) is 63.8 Å². The summed E-state index contributed by atoms with van der Waals surface area (Å²) in [5.41, 5.74) is 3.19. The number of para-hydroxylation sites is 1. The van der Waals surface area contributed by atoms with E-state index in [-0.39, 0.29) is 5.78 Å². The fourth-order valence-corrected chi connectivity index (χ4v) is 4.67. The van der Waals surface area contributed by atoms with Gasteiger partial charge in [-0.2, -0.15) is 0 Å². The summed E-state index contributed by atoms with van der Waals surface area (Å²) in [5, 5.41) is 9.63. The molecule has 0 saturated heterocycles. The lowest BCUT2D eigenvalue weighted by Crippen LogP contribution is -2.13. The second-order valence-corrected chi connectivity index (χ2v) is 8.40. The Hall–Kier alpha value is -2.41. The monoisotopic (exact) mass is 428 g/mol. The largest absolute Gasteiger partial charge is 0.338 e. The van der Waals surface area contributed by atoms with E-state index in [1.165, 1.54) is 0 Å². The quantitative estimate of drug-likeness (QED) is 0.431. The van der Waals surface area contributed by atoms with Crippen molar-refractivity contribution in [3.63, 3.8) is 0 Å². The molecule has 8 heteroatoms. The zero-order valence-corrected chi connectivity index (χ0v) is 16.9. The van der Waals surface area contributed by atoms with Gasteiger partial charge in [0.25, 0.3) is 0 Å². The number of halogens is 2. The molecule has 0 radical (unpaired) electrons. The molecule has 4 aromatic rings. The molecular formula is C20H14Cl2N4OS. The Morgan fingerprint density at radius 2 is 1.93 bits per heavy atom. The second kappa shape index (κ2) is 6.88. The first-order valence-corrected chi connectivity index (χ1v) is 10.4. The van der Waals surface area contributed by atoms with Crippen LogP contribution >= 0.6 is 34.5 Å². The molecule has 1 N–H and O–H groups in total. The van der Waals surface area contributed by atoms with E-state index in [1.54, 1.807) is 28.2 Å². The van der Waals surface area contributed by atoms with Crippen molar-refractivity contribution < 1.29 is 4.79 Å². The summed E-state index contributed by atoms with van der Waals surface area (Å²) in [4.78, 5) is 17.4. The molecule has 2 heterocycles. The van der Waals surface area contributed by atoms with Gasteiger partial charge in [0.2, 0.25) is 5.13 Å². The van der Waals surface area contributed by atoms with Crippen LogP contribution in [0.25, 0.3) is 15.3 Å². The van der Waals surface area contributed by atoms with Gasteiger partial charge in [0.15, 0.2) is 11.6 Å². The summed E-state index contributed by atoms with van der Waals surface area (Å²) >= 11 is 13.7. The van der Waals surface area contributed by atoms with Gasteiger partial charge in [-0.1, -0.05) is 46.7 Å². The van der Waals surface area contributed by atoms with Crippen LogP contribution in [0.4, 0.5) is 11.5 Å². The van der Waals surface area contributed by atoms with E-state index in [0.29, 0.717) is 27.8 Å². The lowest BCUT2D eigenvalue weighted by molar-refractivity contribution is 0.0973. The Balaban J connectivity index is 1.63. The van der Waals surface area contributed by atoms with Crippen LogP contribution in [0.15, 0.2) is 42.5 Å². The number of aromatic nitrogens is 3. The van der Waals surface area contributed by atoms with Gasteiger partial charge in [-0.3, -0.25) is 4.79 Å². The van der Waals surface area contributed by atoms with Crippen LogP contribution in [0.3, 0.4) is 0 Å². The Morgan fingerprint density at radius 1 is 1.07 bits per heavy atom. The van der Waals surface area contributed by atoms with E-state index in [2.05, 4.69) is 5.32 Å². The van der Waals surface area contributed by atoms with E-state index in [1.807, 2.05) is 30.3 Å². The van der Waals surface area contributed by atoms with Crippen LogP contribution < -0.4 is 5.32 Å². The zero-order chi connectivity index (χ0) is 19.3. The molecule has 1 aliphatic rings. The number of ketones is 1. The smallest absolute Gasteiger partial charge is 0.211 e. The minimum atomic E-state index is 0.0937. The molecule has 0 fully saturated rings. The molecule has 140 valence electrons. The van der Waals surface area contributed by atoms with E-state index in [4.69, 9.17) is 33.3 Å². The molecule has 0 bridgehead atoms. The van der Waals surface area contributed by atoms with Gasteiger partial charge in [0.1, 0.15) is 0 Å². The predicted octanol–water partition coefficient (Wildman–Crippen LogP) is 6.05. The average Bonchev–Trinajstić information content (AvgIpc) is 3.27. The first-order chi connectivity index (χ1) is 13.6. The fourth-order valence-electron chi connectivity index (χ4n) is 3.43. The Labute approximate surface area is 174 Å². The number of nitrogens with zero attached hydrogens (tertiary/aromatic N) is 3. The van der Waals surface area contributed by atoms with E-state index >= 15 is 0 Å². The highest BCUT2D eigenvalue weighted by Crippen LogP contribution is 2.35. The summed E-state index contributed by atoms with van der Waals surface area (Å²) in [6.45, 7) is 0. The van der Waals surface area contributed by atoms with Crippen molar-refractivity contribution in [2.45, 2.75) is 19.3 Å². The summed E-state index contributed by atoms with van der Waals surface area (Å²) in [6, 6.07) is 13.2. The van der Waals surface area contributed by atoms with Gasteiger partial charge >= 0.3 is 0 Å². The number of hydrogen-bond acceptors (Lipinski definition) is 5. The van der Waals surface area contributed by atoms with Crippen molar-refractivity contribution in [1.29, 1.82) is 0 Å². The third-order valence-corrected chi connectivity index (χ3v) is 6.47. The van der Waals surface area contributed by atoms with Crippen molar-refractivity contribution in [1.82, 2.24) is 14.8 Å². The van der Waals surface area contributed by atoms with Crippen molar-refractivity contribution in [2.24, 2.45) is 0 Å². The lowest BCUT2D eigenvalue weighted by atomic mass is 9.96. The SMILES string of the molecule is O=C1CCCc2c1c(Nc1ccc(Cl)c(Cl)c1)nn2-c1nc2ccccc2s1. The number of carbonyl (C=O) groups is 1. The number of carbonyl (C=O) groups excluding carboxylic acids is 1. The summed E-state index contributed by atoms with van der Waals surface area (Å²) in [5.74, 6) is 0.619. The number of fused-ring (bicyclic) bond motifs is 2. The average molecular weight is 429 g/mol. The standard InChI is InChI=1S/C20H14Cl2N4OS/c21-12-9-8-11(10-13(12)22)23-19-18-15(5-3-6-16(18)27)26(25-19)20-24-14-4-1-2-7-17(14)28-20/h1-2,4,7-10H,3,5-6H2,(H,23,25). The van der Waals surface area contributed by atoms with Gasteiger partial charge < -0.3 is 5.32 Å². The van der Waals surface area contributed by atoms with E-state index < -0.39 is 0 Å². The molecule has 0 unspecified atom stereocenters. The highest BCUT2D eigenvalue weighted by atomic mass is 35.5. The zero-order valence-electron chi connectivity index (χ0n) is 14.6. The number of Topliss-reactive ketones (excluding diaryl/α,β-unsaturated/α-hetero) is 1. The van der Waals surface area contributed by atoms with Gasteiger partial charge in [0.05, 0.1) is 31.5 Å². The molecule has 5 rings (SSSR count). The Bertz CT molecular complexity index is 1200. The molecule has 0 atom stereocenters. The topological polar surface area (TPSA) is 59.8 Å². The number of benzene rings is 2. The van der Waals surface area contributed by atoms with Gasteiger partial charge in [-0.05, 0) is 43.2 Å². The molecule has 1 aliphatic carbocycles. The van der Waals surface area contributed by atoms with Gasteiger partial charge in [0, 0.05) is 12.1 Å². The third kappa shape index (κ3) is 2.98. The Morgan fingerprint density at radius 3 is 2.75 bits per heavy atom. The van der Waals surface area contributed by atoms with Gasteiger partial charge in [-0.15, -0.1) is 5.10 Å². The summed E-state index contributed by atoms with van der Waals surface area (Å²) in [7, 11) is 0. The van der Waals surface area contributed by atoms with Crippen LogP contribution in [0.5, 0.6) is 0 Å². The maximum Gasteiger partial charge on any atom is 0.211 e.